The molecule has 1 heterocycles. The third-order valence-corrected chi connectivity index (χ3v) is 4.84. The van der Waals surface area contributed by atoms with Crippen LogP contribution in [0.2, 0.25) is 5.02 Å². The quantitative estimate of drug-likeness (QED) is 0.774. The predicted molar refractivity (Wildman–Crippen MR) is 74.6 cm³/mol. The van der Waals surface area contributed by atoms with Crippen LogP contribution in [0.25, 0.3) is 0 Å². The van der Waals surface area contributed by atoms with Crippen LogP contribution in [-0.2, 0) is 0 Å². The largest absolute Gasteiger partial charge is 0.312 e. The lowest BCUT2D eigenvalue weighted by Crippen LogP contribution is -2.18. The number of nitrogens with one attached hydrogen (secondary N) is 1. The van der Waals surface area contributed by atoms with Gasteiger partial charge in [-0.3, -0.25) is 0 Å². The molecule has 0 saturated carbocycles. The number of hydrogen-bond donors (Lipinski definition) is 1. The van der Waals surface area contributed by atoms with E-state index in [1.54, 1.807) is 11.3 Å². The zero-order valence-electron chi connectivity index (χ0n) is 10.6. The first-order chi connectivity index (χ1) is 7.60. The van der Waals surface area contributed by atoms with Crippen LogP contribution in [0.4, 0.5) is 0 Å². The molecule has 0 aliphatic rings. The number of aryl methyl sites for hydroxylation is 1. The average molecular weight is 260 g/mol. The average Bonchev–Trinajstić information content (AvgIpc) is 2.57. The van der Waals surface area contributed by atoms with Gasteiger partial charge in [0.15, 0.2) is 0 Å². The van der Waals surface area contributed by atoms with E-state index in [0.717, 1.165) is 10.9 Å². The highest BCUT2D eigenvalue weighted by molar-refractivity contribution is 7.10. The van der Waals surface area contributed by atoms with Crippen LogP contribution >= 0.6 is 22.9 Å². The molecule has 2 atom stereocenters. The Morgan fingerprint density at radius 2 is 2.19 bits per heavy atom. The Kier molecular flexibility index (Phi) is 5.81. The van der Waals surface area contributed by atoms with Gasteiger partial charge in [-0.25, -0.2) is 0 Å². The summed E-state index contributed by atoms with van der Waals surface area (Å²) in [6.07, 6.45) is 3.72. The van der Waals surface area contributed by atoms with Gasteiger partial charge in [-0.2, -0.15) is 0 Å². The van der Waals surface area contributed by atoms with Gasteiger partial charge in [0.2, 0.25) is 0 Å². The minimum atomic E-state index is 0.410. The van der Waals surface area contributed by atoms with Crippen LogP contribution in [-0.4, -0.2) is 7.05 Å². The molecule has 0 radical (unpaired) electrons. The minimum absolute atomic E-state index is 0.410. The maximum Gasteiger partial charge on any atom is 0.0590 e. The van der Waals surface area contributed by atoms with Gasteiger partial charge >= 0.3 is 0 Å². The summed E-state index contributed by atoms with van der Waals surface area (Å²) in [5.41, 5.74) is 1.20. The summed E-state index contributed by atoms with van der Waals surface area (Å²) >= 11 is 8.09. The molecule has 0 spiro atoms. The molecule has 3 heteroatoms. The van der Waals surface area contributed by atoms with Gasteiger partial charge in [-0.05, 0) is 37.3 Å². The maximum absolute atomic E-state index is 6.31. The second-order valence-corrected chi connectivity index (χ2v) is 5.86. The summed E-state index contributed by atoms with van der Waals surface area (Å²) in [6.45, 7) is 6.64. The zero-order chi connectivity index (χ0) is 12.1. The van der Waals surface area contributed by atoms with Crippen molar-refractivity contribution >= 4 is 22.9 Å². The van der Waals surface area contributed by atoms with Gasteiger partial charge in [0.05, 0.1) is 5.02 Å². The lowest BCUT2D eigenvalue weighted by Gasteiger charge is -2.19. The van der Waals surface area contributed by atoms with E-state index in [4.69, 9.17) is 11.6 Å². The van der Waals surface area contributed by atoms with Crippen LogP contribution in [0.3, 0.4) is 0 Å². The Bertz CT molecular complexity index is 322. The lowest BCUT2D eigenvalue weighted by molar-refractivity contribution is 0.410. The van der Waals surface area contributed by atoms with E-state index >= 15 is 0 Å². The van der Waals surface area contributed by atoms with E-state index in [-0.39, 0.29) is 0 Å². The van der Waals surface area contributed by atoms with Crippen molar-refractivity contribution < 1.29 is 0 Å². The van der Waals surface area contributed by atoms with Crippen LogP contribution in [0.15, 0.2) is 5.38 Å². The first kappa shape index (κ1) is 14.0. The molecule has 92 valence electrons. The van der Waals surface area contributed by atoms with Crippen LogP contribution in [0.5, 0.6) is 0 Å². The Morgan fingerprint density at radius 3 is 2.62 bits per heavy atom. The summed E-state index contributed by atoms with van der Waals surface area (Å²) in [5.74, 6) is 0.751. The van der Waals surface area contributed by atoms with Gasteiger partial charge in [-0.15, -0.1) is 11.3 Å². The zero-order valence-corrected chi connectivity index (χ0v) is 12.2. The summed E-state index contributed by atoms with van der Waals surface area (Å²) < 4.78 is 0. The fourth-order valence-electron chi connectivity index (χ4n) is 2.05. The first-order valence-corrected chi connectivity index (χ1v) is 7.26. The molecule has 0 aromatic carbocycles. The molecule has 1 nitrogen and oxygen atoms in total. The molecule has 2 unspecified atom stereocenters. The molecule has 0 amide bonds. The van der Waals surface area contributed by atoms with Crippen LogP contribution < -0.4 is 5.32 Å². The molecule has 0 bridgehead atoms. The monoisotopic (exact) mass is 259 g/mol. The summed E-state index contributed by atoms with van der Waals surface area (Å²) in [7, 11) is 2.02. The third-order valence-electron chi connectivity index (χ3n) is 3.01. The van der Waals surface area contributed by atoms with E-state index in [1.807, 2.05) is 7.05 Å². The Labute approximate surface area is 108 Å². The van der Waals surface area contributed by atoms with E-state index in [2.05, 4.69) is 31.5 Å². The van der Waals surface area contributed by atoms with Gasteiger partial charge in [-0.1, -0.05) is 38.3 Å². The van der Waals surface area contributed by atoms with Crippen molar-refractivity contribution in [2.75, 3.05) is 7.05 Å². The molecule has 16 heavy (non-hydrogen) atoms. The highest BCUT2D eigenvalue weighted by atomic mass is 35.5. The standard InChI is InChI=1S/C13H22ClNS/c1-5-6-9(2)7-11(15-4)13-12(14)10(3)8-16-13/h8-9,11,15H,5-7H2,1-4H3. The van der Waals surface area contributed by atoms with Crippen LogP contribution in [0, 0.1) is 12.8 Å². The van der Waals surface area contributed by atoms with E-state index in [0.29, 0.717) is 6.04 Å². The Hall–Kier alpha value is -0.0500. The fourth-order valence-corrected chi connectivity index (χ4v) is 3.50. The predicted octanol–water partition coefficient (Wildman–Crippen LogP) is 4.80. The topological polar surface area (TPSA) is 12.0 Å². The number of rotatable bonds is 6. The van der Waals surface area contributed by atoms with E-state index in [1.165, 1.54) is 29.7 Å². The maximum atomic E-state index is 6.31. The minimum Gasteiger partial charge on any atom is -0.312 e. The lowest BCUT2D eigenvalue weighted by atomic mass is 9.96. The number of halogens is 1. The van der Waals surface area contributed by atoms with Gasteiger partial charge < -0.3 is 5.32 Å². The van der Waals surface area contributed by atoms with Crippen molar-refractivity contribution in [1.29, 1.82) is 0 Å². The third kappa shape index (κ3) is 3.47. The van der Waals surface area contributed by atoms with Crippen molar-refractivity contribution in [1.82, 2.24) is 5.32 Å². The fraction of sp³-hybridized carbons (Fsp3) is 0.692. The molecule has 1 aromatic heterocycles. The molecule has 0 aliphatic carbocycles. The molecular formula is C13H22ClNS. The second-order valence-electron chi connectivity index (χ2n) is 4.57. The smallest absolute Gasteiger partial charge is 0.0590 e. The highest BCUT2D eigenvalue weighted by Crippen LogP contribution is 2.35. The SMILES string of the molecule is CCCC(C)CC(NC)c1scc(C)c1Cl. The van der Waals surface area contributed by atoms with Crippen molar-refractivity contribution in [3.8, 4) is 0 Å². The van der Waals surface area contributed by atoms with Crippen LogP contribution in [0.1, 0.15) is 49.6 Å². The van der Waals surface area contributed by atoms with Crippen molar-refractivity contribution in [2.45, 2.75) is 46.1 Å². The number of thiophene rings is 1. The molecule has 1 N–H and O–H groups in total. The Balaban J connectivity index is 2.71. The molecule has 0 aliphatic heterocycles. The molecule has 0 fully saturated rings. The summed E-state index contributed by atoms with van der Waals surface area (Å²) in [4.78, 5) is 1.30. The molecular weight excluding hydrogens is 238 g/mol. The van der Waals surface area contributed by atoms with Crippen molar-refractivity contribution in [3.05, 3.63) is 20.8 Å². The number of hydrogen-bond acceptors (Lipinski definition) is 2. The van der Waals surface area contributed by atoms with Crippen molar-refractivity contribution in [3.63, 3.8) is 0 Å². The summed E-state index contributed by atoms with van der Waals surface area (Å²) in [5, 5.41) is 6.49. The molecule has 1 rings (SSSR count). The normalized spacial score (nSPS) is 15.1. The van der Waals surface area contributed by atoms with Gasteiger partial charge in [0.25, 0.3) is 0 Å². The molecule has 0 saturated heterocycles. The second kappa shape index (κ2) is 6.63. The highest BCUT2D eigenvalue weighted by Gasteiger charge is 2.18. The van der Waals surface area contributed by atoms with Gasteiger partial charge in [0, 0.05) is 10.9 Å². The first-order valence-electron chi connectivity index (χ1n) is 6.00. The van der Waals surface area contributed by atoms with Gasteiger partial charge in [0.1, 0.15) is 0 Å². The summed E-state index contributed by atoms with van der Waals surface area (Å²) in [6, 6.07) is 0.410. The van der Waals surface area contributed by atoms with E-state index < -0.39 is 0 Å². The van der Waals surface area contributed by atoms with Crippen molar-refractivity contribution in [2.24, 2.45) is 5.92 Å². The van der Waals surface area contributed by atoms with E-state index in [9.17, 15) is 0 Å². The Morgan fingerprint density at radius 1 is 1.50 bits per heavy atom. The molecule has 1 aromatic rings.